The molecule has 0 aliphatic heterocycles. The van der Waals surface area contributed by atoms with Crippen LogP contribution in [0.5, 0.6) is 0 Å². The van der Waals surface area contributed by atoms with Crippen LogP contribution < -0.4 is 0 Å². The minimum atomic E-state index is -4.97. The highest BCUT2D eigenvalue weighted by molar-refractivity contribution is 7.47. The average molecular weight is 1540 g/mol. The van der Waals surface area contributed by atoms with Gasteiger partial charge in [0.25, 0.3) is 0 Å². The Kier molecular flexibility index (Phi) is 77.3. The van der Waals surface area contributed by atoms with E-state index in [1.165, 1.54) is 289 Å². The Bertz CT molecular complexity index is 2000. The van der Waals surface area contributed by atoms with E-state index in [9.17, 15) is 43.2 Å². The van der Waals surface area contributed by atoms with Gasteiger partial charge in [-0.05, 0) is 31.6 Å². The van der Waals surface area contributed by atoms with Gasteiger partial charge < -0.3 is 33.8 Å². The van der Waals surface area contributed by atoms with Gasteiger partial charge in [0.05, 0.1) is 26.4 Å². The summed E-state index contributed by atoms with van der Waals surface area (Å²) in [5.74, 6) is -1.33. The molecular formula is C86H168O17P2. The van der Waals surface area contributed by atoms with Crippen molar-refractivity contribution in [1.82, 2.24) is 0 Å². The maximum absolute atomic E-state index is 13.1. The number of rotatable bonds is 86. The maximum Gasteiger partial charge on any atom is 0.472 e. The Balaban J connectivity index is 5.23. The molecule has 0 saturated carbocycles. The summed E-state index contributed by atoms with van der Waals surface area (Å²) in [7, 11) is -9.93. The normalized spacial score (nSPS) is 13.8. The molecule has 0 aliphatic carbocycles. The SMILES string of the molecule is CCCCCCCCCCCCCCCCCCCCCCCCC(=O)O[C@H](COC(=O)CCCCCCCCCCCCCCCCCCC)COP(=O)(O)OC[C@@H](O)COP(=O)(O)OC[C@@H](COC(=O)CCCCCCCCCCCCCC)OC(=O)CCCCCCCCCCCCCC(C)C. The largest absolute Gasteiger partial charge is 0.472 e. The predicted molar refractivity (Wildman–Crippen MR) is 432 cm³/mol. The lowest BCUT2D eigenvalue weighted by atomic mass is 10.0. The molecule has 0 fully saturated rings. The van der Waals surface area contributed by atoms with Crippen molar-refractivity contribution in [2.45, 2.75) is 483 Å². The van der Waals surface area contributed by atoms with Crippen molar-refractivity contribution in [2.24, 2.45) is 5.92 Å². The summed E-state index contributed by atoms with van der Waals surface area (Å²) >= 11 is 0. The minimum Gasteiger partial charge on any atom is -0.462 e. The number of phosphoric acid groups is 2. The first-order chi connectivity index (χ1) is 51.0. The van der Waals surface area contributed by atoms with E-state index in [1.54, 1.807) is 0 Å². The van der Waals surface area contributed by atoms with E-state index in [4.69, 9.17) is 37.0 Å². The number of carbonyl (C=O) groups is 4. The monoisotopic (exact) mass is 1540 g/mol. The lowest BCUT2D eigenvalue weighted by Crippen LogP contribution is -2.30. The van der Waals surface area contributed by atoms with Crippen molar-refractivity contribution < 1.29 is 80.2 Å². The van der Waals surface area contributed by atoms with Gasteiger partial charge >= 0.3 is 39.5 Å². The molecule has 0 aromatic rings. The van der Waals surface area contributed by atoms with Crippen LogP contribution >= 0.6 is 15.6 Å². The van der Waals surface area contributed by atoms with Crippen LogP contribution in [-0.2, 0) is 65.4 Å². The van der Waals surface area contributed by atoms with Crippen molar-refractivity contribution in [3.05, 3.63) is 0 Å². The van der Waals surface area contributed by atoms with Crippen LogP contribution in [-0.4, -0.2) is 96.7 Å². The summed E-state index contributed by atoms with van der Waals surface area (Å²) in [6.07, 6.45) is 72.2. The van der Waals surface area contributed by atoms with Gasteiger partial charge in [-0.1, -0.05) is 413 Å². The fourth-order valence-electron chi connectivity index (χ4n) is 13.5. The molecule has 624 valence electrons. The maximum atomic E-state index is 13.1. The summed E-state index contributed by atoms with van der Waals surface area (Å²) in [5.41, 5.74) is 0. The number of phosphoric ester groups is 2. The molecular weight excluding hydrogens is 1370 g/mol. The highest BCUT2D eigenvalue weighted by atomic mass is 31.2. The summed E-state index contributed by atoms with van der Waals surface area (Å²) in [6, 6.07) is 0. The third-order valence-corrected chi connectivity index (χ3v) is 22.2. The summed E-state index contributed by atoms with van der Waals surface area (Å²) in [5, 5.41) is 10.7. The molecule has 2 unspecified atom stereocenters. The van der Waals surface area contributed by atoms with Crippen LogP contribution in [0.25, 0.3) is 0 Å². The number of unbranched alkanes of at least 4 members (excludes halogenated alkanes) is 58. The molecule has 0 radical (unpaired) electrons. The van der Waals surface area contributed by atoms with Gasteiger partial charge in [-0.15, -0.1) is 0 Å². The third-order valence-electron chi connectivity index (χ3n) is 20.3. The molecule has 105 heavy (non-hydrogen) atoms. The van der Waals surface area contributed by atoms with Crippen LogP contribution in [0, 0.1) is 5.92 Å². The molecule has 5 atom stereocenters. The first-order valence-corrected chi connectivity index (χ1v) is 47.6. The Labute approximate surface area is 645 Å². The predicted octanol–water partition coefficient (Wildman–Crippen LogP) is 26.4. The number of hydrogen-bond acceptors (Lipinski definition) is 15. The van der Waals surface area contributed by atoms with Gasteiger partial charge in [0.2, 0.25) is 0 Å². The van der Waals surface area contributed by atoms with Crippen molar-refractivity contribution in [1.29, 1.82) is 0 Å². The Morgan fingerprint density at radius 2 is 0.438 bits per heavy atom. The molecule has 0 heterocycles. The molecule has 0 saturated heterocycles. The second kappa shape index (κ2) is 78.7. The van der Waals surface area contributed by atoms with Gasteiger partial charge in [0, 0.05) is 25.7 Å². The number of ether oxygens (including phenoxy) is 4. The molecule has 0 spiro atoms. The molecule has 0 aromatic carbocycles. The molecule has 19 heteroatoms. The highest BCUT2D eigenvalue weighted by Gasteiger charge is 2.30. The quantitative estimate of drug-likeness (QED) is 0.0222. The fraction of sp³-hybridized carbons (Fsp3) is 0.953. The topological polar surface area (TPSA) is 237 Å². The van der Waals surface area contributed by atoms with E-state index in [0.29, 0.717) is 25.7 Å². The zero-order valence-corrected chi connectivity index (χ0v) is 70.7. The first kappa shape index (κ1) is 103. The Morgan fingerprint density at radius 3 is 0.648 bits per heavy atom. The minimum absolute atomic E-state index is 0.107. The second-order valence-electron chi connectivity index (χ2n) is 31.4. The molecule has 3 N–H and O–H groups in total. The van der Waals surface area contributed by atoms with Gasteiger partial charge in [0.15, 0.2) is 12.2 Å². The zero-order chi connectivity index (χ0) is 76.9. The van der Waals surface area contributed by atoms with Crippen molar-refractivity contribution in [3.63, 3.8) is 0 Å². The van der Waals surface area contributed by atoms with E-state index in [1.807, 2.05) is 0 Å². The Hall–Kier alpha value is -1.94. The second-order valence-corrected chi connectivity index (χ2v) is 34.3. The van der Waals surface area contributed by atoms with Crippen LogP contribution in [0.1, 0.15) is 465 Å². The average Bonchev–Trinajstić information content (AvgIpc) is 0.913. The molecule has 0 aromatic heterocycles. The van der Waals surface area contributed by atoms with E-state index in [0.717, 1.165) is 95.8 Å². The summed E-state index contributed by atoms with van der Waals surface area (Å²) in [4.78, 5) is 73.2. The van der Waals surface area contributed by atoms with E-state index < -0.39 is 97.5 Å². The van der Waals surface area contributed by atoms with Crippen LogP contribution in [0.2, 0.25) is 0 Å². The van der Waals surface area contributed by atoms with E-state index in [-0.39, 0.29) is 25.7 Å². The number of esters is 4. The van der Waals surface area contributed by atoms with Crippen LogP contribution in [0.3, 0.4) is 0 Å². The van der Waals surface area contributed by atoms with Crippen LogP contribution in [0.4, 0.5) is 0 Å². The van der Waals surface area contributed by atoms with Gasteiger partial charge in [-0.25, -0.2) is 9.13 Å². The molecule has 0 amide bonds. The van der Waals surface area contributed by atoms with Crippen molar-refractivity contribution >= 4 is 39.5 Å². The van der Waals surface area contributed by atoms with Crippen LogP contribution in [0.15, 0.2) is 0 Å². The highest BCUT2D eigenvalue weighted by Crippen LogP contribution is 2.45. The molecule has 0 aliphatic rings. The number of hydrogen-bond donors (Lipinski definition) is 3. The van der Waals surface area contributed by atoms with Gasteiger partial charge in [0.1, 0.15) is 19.3 Å². The number of aliphatic hydroxyl groups excluding tert-OH is 1. The fourth-order valence-corrected chi connectivity index (χ4v) is 15.1. The zero-order valence-electron chi connectivity index (χ0n) is 68.9. The first-order valence-electron chi connectivity index (χ1n) is 44.6. The smallest absolute Gasteiger partial charge is 0.462 e. The van der Waals surface area contributed by atoms with Crippen molar-refractivity contribution in [3.8, 4) is 0 Å². The molecule has 0 bridgehead atoms. The summed E-state index contributed by atoms with van der Waals surface area (Å²) in [6.45, 7) is 7.36. The number of carbonyl (C=O) groups excluding carboxylic acids is 4. The third kappa shape index (κ3) is 79.9. The standard InChI is InChI=1S/C86H168O17P2/c1-6-9-12-15-18-21-24-27-29-31-32-33-34-35-37-39-41-46-51-56-61-66-71-85(90)102-81(76-97-84(89)70-65-60-55-50-45-40-38-36-30-28-25-22-19-16-13-10-7-2)77-100-104(92,93)98-73-80(87)74-99-105(94,95)101-78-82(75-96-83(88)69-64-59-54-49-44-26-23-20-17-14-11-8-3)103-86(91)72-67-62-57-52-47-42-43-48-53-58-63-68-79(4)5/h79-82,87H,6-78H2,1-5H3,(H,92,93)(H,94,95)/t80-,81-,82-/m1/s1. The number of aliphatic hydroxyl groups is 1. The van der Waals surface area contributed by atoms with E-state index in [2.05, 4.69) is 34.6 Å². The summed E-state index contributed by atoms with van der Waals surface area (Å²) < 4.78 is 68.9. The van der Waals surface area contributed by atoms with E-state index >= 15 is 0 Å². The lowest BCUT2D eigenvalue weighted by molar-refractivity contribution is -0.161. The Morgan fingerprint density at radius 1 is 0.257 bits per heavy atom. The molecule has 17 nitrogen and oxygen atoms in total. The van der Waals surface area contributed by atoms with Gasteiger partial charge in [-0.3, -0.25) is 37.3 Å². The molecule has 0 rings (SSSR count). The lowest BCUT2D eigenvalue weighted by Gasteiger charge is -2.21. The van der Waals surface area contributed by atoms with Crippen molar-refractivity contribution in [2.75, 3.05) is 39.6 Å². The van der Waals surface area contributed by atoms with Gasteiger partial charge in [-0.2, -0.15) is 0 Å².